The minimum atomic E-state index is -0.557. The molecule has 0 aliphatic carbocycles. The molecule has 34 heavy (non-hydrogen) atoms. The van der Waals surface area contributed by atoms with Gasteiger partial charge in [0.1, 0.15) is 5.82 Å². The van der Waals surface area contributed by atoms with E-state index in [1.807, 2.05) is 6.07 Å². The molecule has 168 valence electrons. The number of para-hydroxylation sites is 1. The van der Waals surface area contributed by atoms with E-state index in [1.54, 1.807) is 73.7 Å². The van der Waals surface area contributed by atoms with Crippen LogP contribution < -0.4 is 5.56 Å². The first-order valence-corrected chi connectivity index (χ1v) is 10.7. The number of benzene rings is 3. The van der Waals surface area contributed by atoms with Gasteiger partial charge < -0.3 is 9.15 Å². The fourth-order valence-corrected chi connectivity index (χ4v) is 3.65. The fourth-order valence-electron chi connectivity index (χ4n) is 3.53. The van der Waals surface area contributed by atoms with Crippen LogP contribution in [0, 0.1) is 6.92 Å². The summed E-state index contributed by atoms with van der Waals surface area (Å²) < 4.78 is 12.4. The molecule has 9 heteroatoms. The summed E-state index contributed by atoms with van der Waals surface area (Å²) in [6.45, 7) is 1.59. The monoisotopic (exact) mass is 472 g/mol. The van der Waals surface area contributed by atoms with Crippen molar-refractivity contribution in [2.75, 3.05) is 0 Å². The molecule has 0 bridgehead atoms. The molecule has 0 aliphatic rings. The molecule has 0 atom stereocenters. The van der Waals surface area contributed by atoms with E-state index in [2.05, 4.69) is 15.2 Å². The summed E-state index contributed by atoms with van der Waals surface area (Å²) in [5.41, 5.74) is 2.09. The standard InChI is InChI=1S/C25H17ClN4O4/c1-15-27-21-5-3-2-4-20(21)24(31)30(15)19-12-8-17(9-13-19)25(32)33-14-22-28-29-23(34-22)16-6-10-18(26)11-7-16/h2-13H,14H2,1H3. The molecule has 2 aromatic heterocycles. The van der Waals surface area contributed by atoms with Gasteiger partial charge in [-0.2, -0.15) is 0 Å². The predicted molar refractivity (Wildman–Crippen MR) is 126 cm³/mol. The smallest absolute Gasteiger partial charge is 0.338 e. The van der Waals surface area contributed by atoms with Gasteiger partial charge in [0, 0.05) is 10.6 Å². The number of ether oxygens (including phenoxy) is 1. The van der Waals surface area contributed by atoms with Gasteiger partial charge in [-0.05, 0) is 67.6 Å². The van der Waals surface area contributed by atoms with Crippen molar-refractivity contribution < 1.29 is 13.9 Å². The lowest BCUT2D eigenvalue weighted by molar-refractivity contribution is 0.0438. The third-order valence-electron chi connectivity index (χ3n) is 5.19. The molecule has 0 saturated carbocycles. The largest absolute Gasteiger partial charge is 0.452 e. The van der Waals surface area contributed by atoms with Gasteiger partial charge >= 0.3 is 5.97 Å². The Labute approximate surface area is 198 Å². The van der Waals surface area contributed by atoms with E-state index in [0.29, 0.717) is 44.5 Å². The van der Waals surface area contributed by atoms with Crippen LogP contribution in [0.4, 0.5) is 0 Å². The van der Waals surface area contributed by atoms with Crippen LogP contribution in [0.1, 0.15) is 22.1 Å². The Bertz CT molecular complexity index is 1560. The molecule has 0 radical (unpaired) electrons. The summed E-state index contributed by atoms with van der Waals surface area (Å²) in [5.74, 6) is 0.460. The second-order valence-corrected chi connectivity index (χ2v) is 7.88. The van der Waals surface area contributed by atoms with Crippen molar-refractivity contribution in [3.63, 3.8) is 0 Å². The lowest BCUT2D eigenvalue weighted by Crippen LogP contribution is -2.22. The third kappa shape index (κ3) is 4.18. The average molecular weight is 473 g/mol. The topological polar surface area (TPSA) is 100 Å². The van der Waals surface area contributed by atoms with Crippen LogP contribution in [-0.2, 0) is 11.3 Å². The second-order valence-electron chi connectivity index (χ2n) is 7.45. The van der Waals surface area contributed by atoms with Crippen LogP contribution in [0.2, 0.25) is 5.02 Å². The maximum absolute atomic E-state index is 13.0. The van der Waals surface area contributed by atoms with E-state index in [0.717, 1.165) is 0 Å². The number of rotatable bonds is 5. The molecule has 0 fully saturated rings. The Hall–Kier alpha value is -4.30. The fraction of sp³-hybridized carbons (Fsp3) is 0.0800. The van der Waals surface area contributed by atoms with E-state index in [9.17, 15) is 9.59 Å². The van der Waals surface area contributed by atoms with Crippen molar-refractivity contribution in [1.82, 2.24) is 19.7 Å². The van der Waals surface area contributed by atoms with Crippen molar-refractivity contribution >= 4 is 28.5 Å². The van der Waals surface area contributed by atoms with Crippen LogP contribution >= 0.6 is 11.6 Å². The number of hydrogen-bond acceptors (Lipinski definition) is 7. The molecule has 0 saturated heterocycles. The summed E-state index contributed by atoms with van der Waals surface area (Å²) in [5, 5.41) is 8.99. The van der Waals surface area contributed by atoms with Gasteiger partial charge in [-0.3, -0.25) is 9.36 Å². The average Bonchev–Trinajstić information content (AvgIpc) is 3.32. The maximum Gasteiger partial charge on any atom is 0.338 e. The lowest BCUT2D eigenvalue weighted by Gasteiger charge is -2.11. The molecule has 5 aromatic rings. The van der Waals surface area contributed by atoms with Gasteiger partial charge in [-0.1, -0.05) is 23.7 Å². The number of aromatic nitrogens is 4. The summed E-state index contributed by atoms with van der Waals surface area (Å²) in [6.07, 6.45) is 0. The van der Waals surface area contributed by atoms with E-state index < -0.39 is 5.97 Å². The Morgan fingerprint density at radius 1 is 1.00 bits per heavy atom. The van der Waals surface area contributed by atoms with Gasteiger partial charge in [0.15, 0.2) is 6.61 Å². The number of nitrogens with zero attached hydrogens (tertiary/aromatic N) is 4. The van der Waals surface area contributed by atoms with Crippen molar-refractivity contribution in [2.45, 2.75) is 13.5 Å². The predicted octanol–water partition coefficient (Wildman–Crippen LogP) is 4.75. The SMILES string of the molecule is Cc1nc2ccccc2c(=O)n1-c1ccc(C(=O)OCc2nnc(-c3ccc(Cl)cc3)o2)cc1. The highest BCUT2D eigenvalue weighted by Gasteiger charge is 2.14. The molecular weight excluding hydrogens is 456 g/mol. The van der Waals surface area contributed by atoms with Crippen molar-refractivity contribution in [2.24, 2.45) is 0 Å². The molecule has 8 nitrogen and oxygen atoms in total. The number of hydrogen-bond donors (Lipinski definition) is 0. The number of carbonyl (C=O) groups excluding carboxylic acids is 1. The minimum Gasteiger partial charge on any atom is -0.452 e. The molecular formula is C25H17ClN4O4. The number of halogens is 1. The highest BCUT2D eigenvalue weighted by Crippen LogP contribution is 2.21. The highest BCUT2D eigenvalue weighted by atomic mass is 35.5. The first kappa shape index (κ1) is 21.5. The first-order valence-electron chi connectivity index (χ1n) is 10.3. The second kappa shape index (κ2) is 8.92. The van der Waals surface area contributed by atoms with Crippen molar-refractivity contribution in [1.29, 1.82) is 0 Å². The highest BCUT2D eigenvalue weighted by molar-refractivity contribution is 6.30. The van der Waals surface area contributed by atoms with Crippen LogP contribution in [-0.4, -0.2) is 25.7 Å². The van der Waals surface area contributed by atoms with E-state index >= 15 is 0 Å². The van der Waals surface area contributed by atoms with Gasteiger partial charge in [-0.15, -0.1) is 10.2 Å². The number of carbonyl (C=O) groups is 1. The third-order valence-corrected chi connectivity index (χ3v) is 5.44. The quantitative estimate of drug-likeness (QED) is 0.340. The number of esters is 1. The Morgan fingerprint density at radius 3 is 2.50 bits per heavy atom. The zero-order valence-electron chi connectivity index (χ0n) is 17.9. The number of fused-ring (bicyclic) bond motifs is 1. The van der Waals surface area contributed by atoms with E-state index in [1.165, 1.54) is 4.57 Å². The van der Waals surface area contributed by atoms with Crippen LogP contribution in [0.15, 0.2) is 82.0 Å². The molecule has 0 aliphatic heterocycles. The van der Waals surface area contributed by atoms with Gasteiger partial charge in [0.05, 0.1) is 22.2 Å². The summed E-state index contributed by atoms with van der Waals surface area (Å²) in [7, 11) is 0. The van der Waals surface area contributed by atoms with Crippen LogP contribution in [0.3, 0.4) is 0 Å². The van der Waals surface area contributed by atoms with Gasteiger partial charge in [0.25, 0.3) is 11.4 Å². The normalized spacial score (nSPS) is 11.0. The molecule has 0 unspecified atom stereocenters. The van der Waals surface area contributed by atoms with Gasteiger partial charge in [0.2, 0.25) is 5.89 Å². The Morgan fingerprint density at radius 2 is 1.74 bits per heavy atom. The van der Waals surface area contributed by atoms with Crippen LogP contribution in [0.5, 0.6) is 0 Å². The Kier molecular flexibility index (Phi) is 5.65. The summed E-state index contributed by atoms with van der Waals surface area (Å²) in [6, 6.07) is 20.6. The van der Waals surface area contributed by atoms with Gasteiger partial charge in [-0.25, -0.2) is 9.78 Å². The van der Waals surface area contributed by atoms with E-state index in [4.69, 9.17) is 20.8 Å². The molecule has 5 rings (SSSR count). The minimum absolute atomic E-state index is 0.166. The molecule has 2 heterocycles. The Balaban J connectivity index is 1.30. The zero-order chi connectivity index (χ0) is 23.7. The van der Waals surface area contributed by atoms with Crippen molar-refractivity contribution in [3.05, 3.63) is 105 Å². The number of aryl methyl sites for hydroxylation is 1. The van der Waals surface area contributed by atoms with Crippen LogP contribution in [0.25, 0.3) is 28.0 Å². The molecule has 3 aromatic carbocycles. The lowest BCUT2D eigenvalue weighted by atomic mass is 10.2. The summed E-state index contributed by atoms with van der Waals surface area (Å²) >= 11 is 5.89. The first-order chi connectivity index (χ1) is 16.5. The zero-order valence-corrected chi connectivity index (χ0v) is 18.7. The molecule has 0 amide bonds. The summed E-state index contributed by atoms with van der Waals surface area (Å²) in [4.78, 5) is 29.9. The molecule has 0 spiro atoms. The van der Waals surface area contributed by atoms with Crippen molar-refractivity contribution in [3.8, 4) is 17.1 Å². The molecule has 0 N–H and O–H groups in total. The van der Waals surface area contributed by atoms with E-state index in [-0.39, 0.29) is 18.1 Å². The maximum atomic E-state index is 13.0.